The van der Waals surface area contributed by atoms with Crippen molar-refractivity contribution in [1.29, 1.82) is 0 Å². The van der Waals surface area contributed by atoms with E-state index in [4.69, 9.17) is 4.74 Å². The van der Waals surface area contributed by atoms with Crippen LogP contribution in [0, 0.1) is 24.0 Å². The summed E-state index contributed by atoms with van der Waals surface area (Å²) in [5.41, 5.74) is 0.222. The number of ether oxygens (including phenoxy) is 1. The Morgan fingerprint density at radius 2 is 1.96 bits per heavy atom. The summed E-state index contributed by atoms with van der Waals surface area (Å²) in [6.07, 6.45) is 2.63. The number of aryl methyl sites for hydroxylation is 1. The third-order valence-corrected chi connectivity index (χ3v) is 4.41. The Labute approximate surface area is 155 Å². The predicted molar refractivity (Wildman–Crippen MR) is 92.8 cm³/mol. The lowest BCUT2D eigenvalue weighted by Gasteiger charge is -2.15. The van der Waals surface area contributed by atoms with Crippen molar-refractivity contribution in [1.82, 2.24) is 20.4 Å². The van der Waals surface area contributed by atoms with Gasteiger partial charge in [0.15, 0.2) is 6.10 Å². The fourth-order valence-corrected chi connectivity index (χ4v) is 3.02. The van der Waals surface area contributed by atoms with Crippen LogP contribution < -0.4 is 10.6 Å². The smallest absolute Gasteiger partial charge is 0.328 e. The number of urea groups is 1. The van der Waals surface area contributed by atoms with Crippen LogP contribution in [0.2, 0.25) is 0 Å². The van der Waals surface area contributed by atoms with Gasteiger partial charge < -0.3 is 10.1 Å². The summed E-state index contributed by atoms with van der Waals surface area (Å²) < 4.78 is 6.14. The van der Waals surface area contributed by atoms with Crippen LogP contribution in [0.3, 0.4) is 0 Å². The number of hydrogen-bond acceptors (Lipinski definition) is 7. The van der Waals surface area contributed by atoms with E-state index in [1.165, 1.54) is 20.8 Å². The van der Waals surface area contributed by atoms with Gasteiger partial charge in [-0.15, -0.1) is 0 Å². The van der Waals surface area contributed by atoms with E-state index in [2.05, 4.69) is 15.7 Å². The van der Waals surface area contributed by atoms with E-state index in [0.29, 0.717) is 0 Å². The second kappa shape index (κ2) is 8.60. The highest BCUT2D eigenvalue weighted by Gasteiger charge is 2.25. The molecule has 11 heteroatoms. The number of rotatable bonds is 6. The van der Waals surface area contributed by atoms with Gasteiger partial charge in [-0.2, -0.15) is 5.10 Å². The van der Waals surface area contributed by atoms with Crippen LogP contribution in [0.4, 0.5) is 10.5 Å². The first-order chi connectivity index (χ1) is 12.7. The van der Waals surface area contributed by atoms with Crippen LogP contribution in [-0.4, -0.2) is 44.8 Å². The number of hydrogen-bond donors (Lipinski definition) is 2. The topological polar surface area (TPSA) is 145 Å². The van der Waals surface area contributed by atoms with Crippen molar-refractivity contribution in [2.45, 2.75) is 65.1 Å². The third-order valence-electron chi connectivity index (χ3n) is 4.41. The number of esters is 1. The van der Waals surface area contributed by atoms with Crippen molar-refractivity contribution in [2.24, 2.45) is 0 Å². The highest BCUT2D eigenvalue weighted by Crippen LogP contribution is 2.21. The number of aromatic nitrogens is 2. The Balaban J connectivity index is 1.85. The maximum atomic E-state index is 12.0. The van der Waals surface area contributed by atoms with Gasteiger partial charge >= 0.3 is 17.7 Å². The van der Waals surface area contributed by atoms with Gasteiger partial charge in [0, 0.05) is 6.04 Å². The van der Waals surface area contributed by atoms with Gasteiger partial charge in [0.25, 0.3) is 5.91 Å². The quantitative estimate of drug-likeness (QED) is 0.426. The zero-order valence-corrected chi connectivity index (χ0v) is 15.5. The fourth-order valence-electron chi connectivity index (χ4n) is 3.02. The molecule has 0 saturated heterocycles. The Hall–Kier alpha value is -2.98. The molecule has 11 nitrogen and oxygen atoms in total. The second-order valence-electron chi connectivity index (χ2n) is 6.51. The first-order valence-corrected chi connectivity index (χ1v) is 8.68. The highest BCUT2D eigenvalue weighted by molar-refractivity contribution is 5.97. The molecular formula is C16H23N5O6. The zero-order chi connectivity index (χ0) is 20.1. The SMILES string of the molecule is Cc1nn(CC(=O)OC(C)C(=O)NC(=O)NC2CCCC2)c(C)c1[N+](=O)[O-]. The molecule has 1 aliphatic carbocycles. The molecule has 3 amide bonds. The molecule has 1 atom stereocenters. The van der Waals surface area contributed by atoms with Crippen molar-refractivity contribution in [3.63, 3.8) is 0 Å². The van der Waals surface area contributed by atoms with Gasteiger partial charge in [-0.05, 0) is 33.6 Å². The van der Waals surface area contributed by atoms with Gasteiger partial charge in [-0.25, -0.2) is 4.79 Å². The number of amides is 3. The van der Waals surface area contributed by atoms with E-state index in [1.807, 2.05) is 0 Å². The lowest BCUT2D eigenvalue weighted by atomic mass is 10.2. The lowest BCUT2D eigenvalue weighted by molar-refractivity contribution is -0.386. The first kappa shape index (κ1) is 20.3. The summed E-state index contributed by atoms with van der Waals surface area (Å²) in [6, 6.07) is -0.568. The van der Waals surface area contributed by atoms with Crippen LogP contribution in [0.5, 0.6) is 0 Å². The molecule has 1 unspecified atom stereocenters. The van der Waals surface area contributed by atoms with Crippen molar-refractivity contribution < 1.29 is 24.0 Å². The van der Waals surface area contributed by atoms with Crippen LogP contribution in [-0.2, 0) is 20.9 Å². The molecule has 148 valence electrons. The summed E-state index contributed by atoms with van der Waals surface area (Å²) >= 11 is 0. The molecule has 1 aromatic heterocycles. The minimum absolute atomic E-state index is 0.0532. The van der Waals surface area contributed by atoms with E-state index >= 15 is 0 Å². The molecule has 0 bridgehead atoms. The van der Waals surface area contributed by atoms with E-state index in [-0.39, 0.29) is 29.7 Å². The molecule has 2 rings (SSSR count). The molecule has 1 heterocycles. The number of carbonyl (C=O) groups is 3. The summed E-state index contributed by atoms with van der Waals surface area (Å²) in [6.45, 7) is 3.88. The zero-order valence-electron chi connectivity index (χ0n) is 15.5. The van der Waals surface area contributed by atoms with Gasteiger partial charge in [-0.1, -0.05) is 12.8 Å². The third kappa shape index (κ3) is 5.25. The number of nitrogens with one attached hydrogen (secondary N) is 2. The maximum absolute atomic E-state index is 12.0. The number of carbonyl (C=O) groups excluding carboxylic acids is 3. The fraction of sp³-hybridized carbons (Fsp3) is 0.625. The Morgan fingerprint density at radius 3 is 2.52 bits per heavy atom. The summed E-state index contributed by atoms with van der Waals surface area (Å²) in [4.78, 5) is 46.2. The average Bonchev–Trinajstić information content (AvgIpc) is 3.15. The minimum Gasteiger partial charge on any atom is -0.451 e. The van der Waals surface area contributed by atoms with Gasteiger partial charge in [0.1, 0.15) is 17.9 Å². The molecule has 0 aromatic carbocycles. The molecular weight excluding hydrogens is 358 g/mol. The largest absolute Gasteiger partial charge is 0.451 e. The number of nitro groups is 1. The molecule has 0 radical (unpaired) electrons. The van der Waals surface area contributed by atoms with Crippen molar-refractivity contribution in [3.05, 3.63) is 21.5 Å². The molecule has 1 saturated carbocycles. The first-order valence-electron chi connectivity index (χ1n) is 8.68. The summed E-state index contributed by atoms with van der Waals surface area (Å²) in [5, 5.41) is 19.8. The van der Waals surface area contributed by atoms with Crippen LogP contribution in [0.15, 0.2) is 0 Å². The Bertz CT molecular complexity index is 753. The van der Waals surface area contributed by atoms with Gasteiger partial charge in [-0.3, -0.25) is 29.7 Å². The standard InChI is InChI=1S/C16H23N5O6/c1-9-14(21(25)26)10(2)20(19-9)8-13(22)27-11(3)15(23)18-16(24)17-12-6-4-5-7-12/h11-12H,4-8H2,1-3H3,(H2,17,18,23,24). The van der Waals surface area contributed by atoms with Gasteiger partial charge in [0.05, 0.1) is 4.92 Å². The summed E-state index contributed by atoms with van der Waals surface area (Å²) in [5.74, 6) is -1.55. The van der Waals surface area contributed by atoms with E-state index in [1.54, 1.807) is 0 Å². The van der Waals surface area contributed by atoms with E-state index in [9.17, 15) is 24.5 Å². The van der Waals surface area contributed by atoms with E-state index < -0.39 is 28.9 Å². The van der Waals surface area contributed by atoms with E-state index in [0.717, 1.165) is 30.4 Å². The molecule has 0 spiro atoms. The summed E-state index contributed by atoms with van der Waals surface area (Å²) in [7, 11) is 0. The number of nitrogens with zero attached hydrogens (tertiary/aromatic N) is 3. The minimum atomic E-state index is -1.20. The van der Waals surface area contributed by atoms with Crippen molar-refractivity contribution in [3.8, 4) is 0 Å². The van der Waals surface area contributed by atoms with Crippen molar-refractivity contribution in [2.75, 3.05) is 0 Å². The molecule has 2 N–H and O–H groups in total. The average molecular weight is 381 g/mol. The predicted octanol–water partition coefficient (Wildman–Crippen LogP) is 1.11. The van der Waals surface area contributed by atoms with Crippen LogP contribution >= 0.6 is 0 Å². The van der Waals surface area contributed by atoms with Crippen LogP contribution in [0.25, 0.3) is 0 Å². The van der Waals surface area contributed by atoms with Crippen molar-refractivity contribution >= 4 is 23.6 Å². The highest BCUT2D eigenvalue weighted by atomic mass is 16.6. The molecule has 0 aliphatic heterocycles. The lowest BCUT2D eigenvalue weighted by Crippen LogP contribution is -2.47. The monoisotopic (exact) mass is 381 g/mol. The Kier molecular flexibility index (Phi) is 6.48. The Morgan fingerprint density at radius 1 is 1.33 bits per heavy atom. The molecule has 27 heavy (non-hydrogen) atoms. The molecule has 1 aliphatic rings. The normalized spacial score (nSPS) is 15.2. The molecule has 1 aromatic rings. The number of imide groups is 1. The maximum Gasteiger partial charge on any atom is 0.328 e. The van der Waals surface area contributed by atoms with Crippen LogP contribution in [0.1, 0.15) is 44.0 Å². The molecule has 1 fully saturated rings. The van der Waals surface area contributed by atoms with Gasteiger partial charge in [0.2, 0.25) is 0 Å². The second-order valence-corrected chi connectivity index (χ2v) is 6.51.